The number of anilines is 1. The first-order valence-corrected chi connectivity index (χ1v) is 5.76. The van der Waals surface area contributed by atoms with Crippen LogP contribution in [-0.2, 0) is 7.05 Å². The number of nitrogens with two attached hydrogens (primary N) is 1. The lowest BCUT2D eigenvalue weighted by molar-refractivity contribution is 0.528. The van der Waals surface area contributed by atoms with Gasteiger partial charge in [0.1, 0.15) is 0 Å². The first-order chi connectivity index (χ1) is 8.22. The predicted molar refractivity (Wildman–Crippen MR) is 68.2 cm³/mol. The first kappa shape index (κ1) is 11.7. The molecule has 0 saturated heterocycles. The summed E-state index contributed by atoms with van der Waals surface area (Å²) >= 11 is 0. The molecule has 0 saturated carbocycles. The maximum Gasteiger partial charge on any atom is 0.419 e. The minimum Gasteiger partial charge on any atom is -0.408 e. The van der Waals surface area contributed by atoms with Gasteiger partial charge in [-0.05, 0) is 37.6 Å². The fraction of sp³-hybridized carbons (Fsp3) is 0.417. The molecule has 1 heterocycles. The van der Waals surface area contributed by atoms with E-state index in [4.69, 9.17) is 10.2 Å². The molecule has 0 aliphatic rings. The molecule has 17 heavy (non-hydrogen) atoms. The van der Waals surface area contributed by atoms with Crippen molar-refractivity contribution in [3.05, 3.63) is 28.7 Å². The Bertz CT molecular complexity index is 556. The van der Waals surface area contributed by atoms with Crippen LogP contribution in [0.4, 0.5) is 5.69 Å². The van der Waals surface area contributed by atoms with Gasteiger partial charge in [0.2, 0.25) is 0 Å². The Morgan fingerprint density at radius 2 is 2.24 bits per heavy atom. The second-order valence-electron chi connectivity index (χ2n) is 4.03. The van der Waals surface area contributed by atoms with Gasteiger partial charge in [-0.1, -0.05) is 0 Å². The molecule has 0 fully saturated rings. The number of nitrogens with one attached hydrogen (secondary N) is 1. The smallest absolute Gasteiger partial charge is 0.408 e. The summed E-state index contributed by atoms with van der Waals surface area (Å²) < 4.78 is 6.56. The van der Waals surface area contributed by atoms with E-state index in [9.17, 15) is 4.79 Å². The number of unbranched alkanes of at least 4 members (excludes halogenated alkanes) is 1. The zero-order valence-electron chi connectivity index (χ0n) is 9.90. The highest BCUT2D eigenvalue weighted by Crippen LogP contribution is 2.17. The third-order valence-electron chi connectivity index (χ3n) is 2.75. The number of aromatic nitrogens is 1. The molecule has 5 heteroatoms. The van der Waals surface area contributed by atoms with Crippen molar-refractivity contribution < 1.29 is 4.42 Å². The van der Waals surface area contributed by atoms with Gasteiger partial charge in [-0.15, -0.1) is 0 Å². The molecule has 1 aromatic carbocycles. The molecule has 1 aromatic heterocycles. The number of rotatable bonds is 5. The van der Waals surface area contributed by atoms with Crippen molar-refractivity contribution in [1.82, 2.24) is 4.57 Å². The average Bonchev–Trinajstić information content (AvgIpc) is 2.61. The fourth-order valence-electron chi connectivity index (χ4n) is 1.74. The molecule has 0 bridgehead atoms. The predicted octanol–water partition coefficient (Wildman–Crippen LogP) is 1.28. The molecule has 92 valence electrons. The Hall–Kier alpha value is -1.75. The molecule has 3 N–H and O–H groups in total. The van der Waals surface area contributed by atoms with Crippen LogP contribution in [0, 0.1) is 0 Å². The van der Waals surface area contributed by atoms with Gasteiger partial charge in [-0.25, -0.2) is 4.79 Å². The molecule has 0 radical (unpaired) electrons. The summed E-state index contributed by atoms with van der Waals surface area (Å²) in [6.45, 7) is 1.60. The zero-order valence-corrected chi connectivity index (χ0v) is 9.90. The maximum atomic E-state index is 11.3. The minimum absolute atomic E-state index is 0.333. The SMILES string of the molecule is Cn1c(=O)oc2ccc(NCCCCN)cc21. The third kappa shape index (κ3) is 2.50. The van der Waals surface area contributed by atoms with E-state index >= 15 is 0 Å². The highest BCUT2D eigenvalue weighted by Gasteiger charge is 2.05. The van der Waals surface area contributed by atoms with Gasteiger partial charge in [-0.2, -0.15) is 0 Å². The molecule has 0 atom stereocenters. The monoisotopic (exact) mass is 235 g/mol. The quantitative estimate of drug-likeness (QED) is 0.766. The second kappa shape index (κ2) is 5.05. The highest BCUT2D eigenvalue weighted by molar-refractivity contribution is 5.77. The Morgan fingerprint density at radius 1 is 1.41 bits per heavy atom. The summed E-state index contributed by atoms with van der Waals surface area (Å²) in [5.74, 6) is -0.333. The van der Waals surface area contributed by atoms with E-state index in [1.54, 1.807) is 7.05 Å². The summed E-state index contributed by atoms with van der Waals surface area (Å²) in [5.41, 5.74) is 7.84. The number of oxazole rings is 1. The summed E-state index contributed by atoms with van der Waals surface area (Å²) in [6, 6.07) is 5.64. The Labute approximate surface area is 99.2 Å². The Morgan fingerprint density at radius 3 is 3.00 bits per heavy atom. The zero-order chi connectivity index (χ0) is 12.3. The number of fused-ring (bicyclic) bond motifs is 1. The number of hydrogen-bond acceptors (Lipinski definition) is 4. The van der Waals surface area contributed by atoms with Crippen molar-refractivity contribution in [3.63, 3.8) is 0 Å². The highest BCUT2D eigenvalue weighted by atomic mass is 16.4. The lowest BCUT2D eigenvalue weighted by Gasteiger charge is -2.05. The van der Waals surface area contributed by atoms with Crippen LogP contribution in [0.1, 0.15) is 12.8 Å². The standard InChI is InChI=1S/C12H17N3O2/c1-15-10-8-9(14-7-3-2-6-13)4-5-11(10)17-12(15)16/h4-5,8,14H,2-3,6-7,13H2,1H3. The van der Waals surface area contributed by atoms with E-state index in [1.165, 1.54) is 4.57 Å². The van der Waals surface area contributed by atoms with Gasteiger partial charge in [-0.3, -0.25) is 4.57 Å². The van der Waals surface area contributed by atoms with Gasteiger partial charge >= 0.3 is 5.76 Å². The van der Waals surface area contributed by atoms with Crippen molar-refractivity contribution in [2.75, 3.05) is 18.4 Å². The van der Waals surface area contributed by atoms with E-state index in [0.717, 1.165) is 37.1 Å². The lowest BCUT2D eigenvalue weighted by Crippen LogP contribution is -2.08. The number of nitrogens with zero attached hydrogens (tertiary/aromatic N) is 1. The van der Waals surface area contributed by atoms with Crippen LogP contribution >= 0.6 is 0 Å². The van der Waals surface area contributed by atoms with Crippen LogP contribution < -0.4 is 16.8 Å². The largest absolute Gasteiger partial charge is 0.419 e. The van der Waals surface area contributed by atoms with Gasteiger partial charge in [0.25, 0.3) is 0 Å². The minimum atomic E-state index is -0.333. The van der Waals surface area contributed by atoms with E-state index in [1.807, 2.05) is 18.2 Å². The lowest BCUT2D eigenvalue weighted by atomic mass is 10.2. The maximum absolute atomic E-state index is 11.3. The summed E-state index contributed by atoms with van der Waals surface area (Å²) in [5, 5.41) is 3.30. The van der Waals surface area contributed by atoms with Crippen LogP contribution in [0.15, 0.2) is 27.4 Å². The Balaban J connectivity index is 2.14. The topological polar surface area (TPSA) is 73.2 Å². The van der Waals surface area contributed by atoms with Gasteiger partial charge in [0.15, 0.2) is 5.58 Å². The van der Waals surface area contributed by atoms with Crippen LogP contribution in [-0.4, -0.2) is 17.7 Å². The summed E-state index contributed by atoms with van der Waals surface area (Å²) in [6.07, 6.45) is 2.05. The van der Waals surface area contributed by atoms with E-state index < -0.39 is 0 Å². The first-order valence-electron chi connectivity index (χ1n) is 5.76. The van der Waals surface area contributed by atoms with Gasteiger partial charge in [0, 0.05) is 19.3 Å². The Kier molecular flexibility index (Phi) is 3.49. The second-order valence-corrected chi connectivity index (χ2v) is 4.03. The molecule has 2 rings (SSSR count). The van der Waals surface area contributed by atoms with Gasteiger partial charge in [0.05, 0.1) is 5.52 Å². The van der Waals surface area contributed by atoms with Crippen LogP contribution in [0.3, 0.4) is 0 Å². The number of hydrogen-bond donors (Lipinski definition) is 2. The van der Waals surface area contributed by atoms with E-state index in [0.29, 0.717) is 5.58 Å². The molecule has 0 aliphatic heterocycles. The molecule has 5 nitrogen and oxygen atoms in total. The van der Waals surface area contributed by atoms with Gasteiger partial charge < -0.3 is 15.5 Å². The fourth-order valence-corrected chi connectivity index (χ4v) is 1.74. The molecule has 0 aliphatic carbocycles. The molecule has 2 aromatic rings. The van der Waals surface area contributed by atoms with Crippen LogP contribution in [0.25, 0.3) is 11.1 Å². The number of benzene rings is 1. The molecule has 0 unspecified atom stereocenters. The van der Waals surface area contributed by atoms with Crippen molar-refractivity contribution in [2.45, 2.75) is 12.8 Å². The van der Waals surface area contributed by atoms with Crippen LogP contribution in [0.2, 0.25) is 0 Å². The molecular weight excluding hydrogens is 218 g/mol. The van der Waals surface area contributed by atoms with Crippen molar-refractivity contribution in [3.8, 4) is 0 Å². The van der Waals surface area contributed by atoms with Crippen molar-refractivity contribution in [2.24, 2.45) is 12.8 Å². The summed E-state index contributed by atoms with van der Waals surface area (Å²) in [7, 11) is 1.70. The normalized spacial score (nSPS) is 10.9. The van der Waals surface area contributed by atoms with Crippen molar-refractivity contribution >= 4 is 16.8 Å². The summed E-state index contributed by atoms with van der Waals surface area (Å²) in [4.78, 5) is 11.3. The van der Waals surface area contributed by atoms with E-state index in [2.05, 4.69) is 5.32 Å². The van der Waals surface area contributed by atoms with Crippen molar-refractivity contribution in [1.29, 1.82) is 0 Å². The molecule has 0 spiro atoms. The number of aryl methyl sites for hydroxylation is 1. The average molecular weight is 235 g/mol. The third-order valence-corrected chi connectivity index (χ3v) is 2.75. The van der Waals surface area contributed by atoms with E-state index in [-0.39, 0.29) is 5.76 Å². The molecule has 0 amide bonds. The van der Waals surface area contributed by atoms with Crippen LogP contribution in [0.5, 0.6) is 0 Å². The molecular formula is C12H17N3O2.